The first-order valence-electron chi connectivity index (χ1n) is 8.96. The number of hydrogen-bond donors (Lipinski definition) is 0. The molecule has 0 saturated carbocycles. The number of aromatic nitrogens is 4. The quantitative estimate of drug-likeness (QED) is 0.734. The predicted molar refractivity (Wildman–Crippen MR) is 98.7 cm³/mol. The maximum atomic E-state index is 4.90. The third-order valence-electron chi connectivity index (χ3n) is 5.03. The molecule has 2 aromatic heterocycles. The summed E-state index contributed by atoms with van der Waals surface area (Å²) in [6.07, 6.45) is 6.68. The minimum absolute atomic E-state index is 0.472. The van der Waals surface area contributed by atoms with E-state index in [4.69, 9.17) is 4.98 Å². The van der Waals surface area contributed by atoms with E-state index in [0.717, 1.165) is 31.7 Å². The molecule has 1 aromatic carbocycles. The lowest BCUT2D eigenvalue weighted by Gasteiger charge is -2.26. The van der Waals surface area contributed by atoms with Crippen molar-refractivity contribution in [3.05, 3.63) is 65.8 Å². The van der Waals surface area contributed by atoms with Gasteiger partial charge in [0.25, 0.3) is 0 Å². The summed E-state index contributed by atoms with van der Waals surface area (Å²) in [5, 5.41) is 0. The zero-order valence-electron chi connectivity index (χ0n) is 15.2. The summed E-state index contributed by atoms with van der Waals surface area (Å²) in [4.78, 5) is 11.5. The van der Waals surface area contributed by atoms with Gasteiger partial charge in [-0.05, 0) is 17.7 Å². The Bertz CT molecular complexity index is 843. The molecule has 0 bridgehead atoms. The molecule has 0 N–H and O–H groups in total. The first kappa shape index (κ1) is 16.1. The third kappa shape index (κ3) is 3.12. The van der Waals surface area contributed by atoms with E-state index >= 15 is 0 Å². The average Bonchev–Trinajstić information content (AvgIpc) is 3.24. The van der Waals surface area contributed by atoms with E-state index in [0.29, 0.717) is 5.92 Å². The molecule has 1 aliphatic heterocycles. The standard InChI is InChI=1S/C20H25N5/c1-15(2)20-22-18-13-24(10-8-19(18)23(20)3)12-16-4-6-17(7-5-16)25-11-9-21-14-25/h4-7,9,11,14-15H,8,10,12-13H2,1-3H3. The SMILES string of the molecule is CC(C)c1nc2c(n1C)CCN(Cc1ccc(-n3ccnc3)cc1)C2. The lowest BCUT2D eigenvalue weighted by molar-refractivity contribution is 0.240. The van der Waals surface area contributed by atoms with Gasteiger partial charge in [-0.1, -0.05) is 26.0 Å². The second kappa shape index (κ2) is 6.48. The van der Waals surface area contributed by atoms with Gasteiger partial charge in [0.2, 0.25) is 0 Å². The number of imidazole rings is 2. The van der Waals surface area contributed by atoms with Gasteiger partial charge in [-0.3, -0.25) is 4.90 Å². The van der Waals surface area contributed by atoms with Crippen molar-refractivity contribution in [3.63, 3.8) is 0 Å². The van der Waals surface area contributed by atoms with E-state index in [1.165, 1.54) is 22.8 Å². The Kier molecular flexibility index (Phi) is 4.17. The molecule has 1 aliphatic rings. The van der Waals surface area contributed by atoms with E-state index in [1.54, 1.807) is 6.20 Å². The Morgan fingerprint density at radius 3 is 2.64 bits per heavy atom. The van der Waals surface area contributed by atoms with Crippen LogP contribution in [0.4, 0.5) is 0 Å². The molecular formula is C20H25N5. The van der Waals surface area contributed by atoms with Gasteiger partial charge in [0.15, 0.2) is 0 Å². The van der Waals surface area contributed by atoms with E-state index in [9.17, 15) is 0 Å². The van der Waals surface area contributed by atoms with Crippen LogP contribution in [-0.2, 0) is 26.6 Å². The molecule has 5 nitrogen and oxygen atoms in total. The molecule has 0 amide bonds. The summed E-state index contributed by atoms with van der Waals surface area (Å²) in [6, 6.07) is 8.74. The number of fused-ring (bicyclic) bond motifs is 1. The van der Waals surface area contributed by atoms with Crippen LogP contribution in [0.3, 0.4) is 0 Å². The Morgan fingerprint density at radius 1 is 1.16 bits per heavy atom. The number of benzene rings is 1. The van der Waals surface area contributed by atoms with Crippen LogP contribution < -0.4 is 0 Å². The van der Waals surface area contributed by atoms with Crippen LogP contribution in [0.5, 0.6) is 0 Å². The van der Waals surface area contributed by atoms with Gasteiger partial charge in [-0.2, -0.15) is 0 Å². The molecule has 0 spiro atoms. The molecule has 4 rings (SSSR count). The van der Waals surface area contributed by atoms with Crippen molar-refractivity contribution in [3.8, 4) is 5.69 Å². The van der Waals surface area contributed by atoms with Crippen molar-refractivity contribution >= 4 is 0 Å². The topological polar surface area (TPSA) is 38.9 Å². The Labute approximate surface area is 148 Å². The van der Waals surface area contributed by atoms with Crippen molar-refractivity contribution in [1.82, 2.24) is 24.0 Å². The number of nitrogens with zero attached hydrogens (tertiary/aromatic N) is 5. The van der Waals surface area contributed by atoms with E-state index in [1.807, 2.05) is 17.1 Å². The highest BCUT2D eigenvalue weighted by Gasteiger charge is 2.23. The Morgan fingerprint density at radius 2 is 1.96 bits per heavy atom. The summed E-state index contributed by atoms with van der Waals surface area (Å²) < 4.78 is 4.33. The molecule has 3 aromatic rings. The summed E-state index contributed by atoms with van der Waals surface area (Å²) in [5.74, 6) is 1.68. The fourth-order valence-corrected chi connectivity index (χ4v) is 3.70. The van der Waals surface area contributed by atoms with Crippen LogP contribution in [-0.4, -0.2) is 30.5 Å². The molecule has 0 unspecified atom stereocenters. The van der Waals surface area contributed by atoms with Gasteiger partial charge < -0.3 is 9.13 Å². The van der Waals surface area contributed by atoms with Gasteiger partial charge in [-0.15, -0.1) is 0 Å². The Hall–Kier alpha value is -2.40. The summed E-state index contributed by atoms with van der Waals surface area (Å²) >= 11 is 0. The lowest BCUT2D eigenvalue weighted by atomic mass is 10.1. The minimum Gasteiger partial charge on any atom is -0.335 e. The third-order valence-corrected chi connectivity index (χ3v) is 5.03. The zero-order chi connectivity index (χ0) is 17.4. The molecule has 0 atom stereocenters. The highest BCUT2D eigenvalue weighted by molar-refractivity contribution is 5.34. The van der Waals surface area contributed by atoms with Gasteiger partial charge >= 0.3 is 0 Å². The van der Waals surface area contributed by atoms with E-state index in [-0.39, 0.29) is 0 Å². The van der Waals surface area contributed by atoms with Crippen molar-refractivity contribution in [2.75, 3.05) is 6.54 Å². The number of hydrogen-bond acceptors (Lipinski definition) is 3. The predicted octanol–water partition coefficient (Wildman–Crippen LogP) is 3.29. The normalized spacial score (nSPS) is 14.9. The van der Waals surface area contributed by atoms with Crippen molar-refractivity contribution in [2.45, 2.75) is 39.3 Å². The molecule has 130 valence electrons. The highest BCUT2D eigenvalue weighted by atomic mass is 15.2. The first-order chi connectivity index (χ1) is 12.1. The molecule has 5 heteroatoms. The van der Waals surface area contributed by atoms with Gasteiger partial charge in [0.1, 0.15) is 5.82 Å². The summed E-state index contributed by atoms with van der Waals surface area (Å²) in [6.45, 7) is 7.44. The van der Waals surface area contributed by atoms with Crippen LogP contribution >= 0.6 is 0 Å². The van der Waals surface area contributed by atoms with Crippen LogP contribution in [0.2, 0.25) is 0 Å². The highest BCUT2D eigenvalue weighted by Crippen LogP contribution is 2.24. The van der Waals surface area contributed by atoms with Crippen LogP contribution in [0, 0.1) is 0 Å². The molecule has 0 saturated heterocycles. The molecule has 0 radical (unpaired) electrons. The smallest absolute Gasteiger partial charge is 0.111 e. The van der Waals surface area contributed by atoms with E-state index in [2.05, 4.69) is 59.6 Å². The van der Waals surface area contributed by atoms with Gasteiger partial charge in [0, 0.05) is 62.8 Å². The van der Waals surface area contributed by atoms with Crippen LogP contribution in [0.1, 0.15) is 42.5 Å². The van der Waals surface area contributed by atoms with Crippen LogP contribution in [0.25, 0.3) is 5.69 Å². The second-order valence-electron chi connectivity index (χ2n) is 7.17. The van der Waals surface area contributed by atoms with Crippen molar-refractivity contribution in [1.29, 1.82) is 0 Å². The summed E-state index contributed by atoms with van der Waals surface area (Å²) in [7, 11) is 2.16. The molecule has 25 heavy (non-hydrogen) atoms. The number of rotatable bonds is 4. The largest absolute Gasteiger partial charge is 0.335 e. The lowest BCUT2D eigenvalue weighted by Crippen LogP contribution is -2.30. The van der Waals surface area contributed by atoms with Crippen molar-refractivity contribution in [2.24, 2.45) is 7.05 Å². The van der Waals surface area contributed by atoms with E-state index < -0.39 is 0 Å². The zero-order valence-corrected chi connectivity index (χ0v) is 15.2. The fraction of sp³-hybridized carbons (Fsp3) is 0.400. The molecule has 3 heterocycles. The molecular weight excluding hydrogens is 310 g/mol. The minimum atomic E-state index is 0.472. The van der Waals surface area contributed by atoms with Gasteiger partial charge in [-0.25, -0.2) is 9.97 Å². The molecule has 0 fully saturated rings. The Balaban J connectivity index is 1.46. The maximum absolute atomic E-state index is 4.90. The van der Waals surface area contributed by atoms with Crippen molar-refractivity contribution < 1.29 is 0 Å². The maximum Gasteiger partial charge on any atom is 0.111 e. The molecule has 0 aliphatic carbocycles. The monoisotopic (exact) mass is 335 g/mol. The average molecular weight is 335 g/mol. The van der Waals surface area contributed by atoms with Crippen LogP contribution in [0.15, 0.2) is 43.0 Å². The fourth-order valence-electron chi connectivity index (χ4n) is 3.70. The summed E-state index contributed by atoms with van der Waals surface area (Å²) in [5.41, 5.74) is 5.16. The second-order valence-corrected chi connectivity index (χ2v) is 7.17. The van der Waals surface area contributed by atoms with Gasteiger partial charge in [0.05, 0.1) is 12.0 Å². The first-order valence-corrected chi connectivity index (χ1v) is 8.96.